The first kappa shape index (κ1) is 25.0. The van der Waals surface area contributed by atoms with Gasteiger partial charge in [-0.15, -0.1) is 0 Å². The Kier molecular flexibility index (Phi) is 13.1. The van der Waals surface area contributed by atoms with E-state index in [0.717, 1.165) is 0 Å². The average molecular weight is 413 g/mol. The molecule has 6 nitrogen and oxygen atoms in total. The molecule has 27 heavy (non-hydrogen) atoms. The summed E-state index contributed by atoms with van der Waals surface area (Å²) in [7, 11) is 0. The predicted octanol–water partition coefficient (Wildman–Crippen LogP) is 2.84. The lowest BCUT2D eigenvalue weighted by Crippen LogP contribution is -2.04. The first-order valence-electron chi connectivity index (χ1n) is 7.91. The van der Waals surface area contributed by atoms with Crippen LogP contribution in [0.1, 0.15) is 28.6 Å². The molecule has 0 aliphatic rings. The molecule has 0 saturated carbocycles. The molecule has 8 heteroatoms. The van der Waals surface area contributed by atoms with E-state index in [1.54, 1.807) is 48.5 Å². The van der Waals surface area contributed by atoms with Crippen molar-refractivity contribution in [2.45, 2.75) is 23.5 Å². The lowest BCUT2D eigenvalue weighted by Gasteiger charge is -2.03. The van der Waals surface area contributed by atoms with E-state index in [1.807, 2.05) is 12.1 Å². The molecule has 0 bridgehead atoms. The van der Waals surface area contributed by atoms with Crippen LogP contribution in [0.15, 0.2) is 60.7 Å². The second-order valence-electron chi connectivity index (χ2n) is 5.33. The molecule has 4 N–H and O–H groups in total. The lowest BCUT2D eigenvalue weighted by atomic mass is 10.1. The fourth-order valence-electron chi connectivity index (χ4n) is 1.56. The molecule has 2 aromatic rings. The summed E-state index contributed by atoms with van der Waals surface area (Å²) in [5, 5.41) is 31.7. The smallest absolute Gasteiger partial charge is 0.320 e. The van der Waals surface area contributed by atoms with E-state index in [9.17, 15) is 9.59 Å². The fraction of sp³-hybridized carbons (Fsp3) is 0.263. The van der Waals surface area contributed by atoms with Crippen LogP contribution in [0.2, 0.25) is 0 Å². The van der Waals surface area contributed by atoms with Crippen LogP contribution in [0, 0.1) is 0 Å². The number of rotatable bonds is 5. The summed E-state index contributed by atoms with van der Waals surface area (Å²) in [6.07, 6.45) is -0.560. The molecule has 0 fully saturated rings. The Morgan fingerprint density at radius 3 is 1.26 bits per heavy atom. The standard InChI is InChI=1S/2C8H8O2S.C3H8O2/c2*9-8(10)7(11)6-4-2-1-3-5-6;1-3(5)2-4/h2*1-5,7,11H,(H,9,10);3-5H,2H2,1H3. The van der Waals surface area contributed by atoms with Gasteiger partial charge in [-0.1, -0.05) is 60.7 Å². The third kappa shape index (κ3) is 11.3. The molecule has 2 rings (SSSR count). The molecule has 0 heterocycles. The highest BCUT2D eigenvalue weighted by atomic mass is 32.1. The Balaban J connectivity index is 0.000000405. The van der Waals surface area contributed by atoms with Crippen LogP contribution in [0.4, 0.5) is 0 Å². The monoisotopic (exact) mass is 412 g/mol. The van der Waals surface area contributed by atoms with Crippen molar-refractivity contribution < 1.29 is 30.0 Å². The zero-order chi connectivity index (χ0) is 20.8. The number of thiol groups is 2. The highest BCUT2D eigenvalue weighted by Crippen LogP contribution is 2.19. The minimum Gasteiger partial charge on any atom is -0.480 e. The third-order valence-electron chi connectivity index (χ3n) is 2.96. The van der Waals surface area contributed by atoms with Crippen molar-refractivity contribution >= 4 is 37.2 Å². The van der Waals surface area contributed by atoms with E-state index < -0.39 is 28.5 Å². The molecule has 2 aromatic carbocycles. The number of aliphatic carboxylic acids is 2. The summed E-state index contributed by atoms with van der Waals surface area (Å²) >= 11 is 7.83. The van der Waals surface area contributed by atoms with Gasteiger partial charge in [0.25, 0.3) is 0 Å². The fourth-order valence-corrected chi connectivity index (χ4v) is 1.90. The van der Waals surface area contributed by atoms with Gasteiger partial charge in [-0.3, -0.25) is 9.59 Å². The maximum atomic E-state index is 10.4. The van der Waals surface area contributed by atoms with Crippen LogP contribution >= 0.6 is 25.3 Å². The van der Waals surface area contributed by atoms with Crippen molar-refractivity contribution in [3.8, 4) is 0 Å². The number of benzene rings is 2. The molecule has 0 aliphatic carbocycles. The summed E-state index contributed by atoms with van der Waals surface area (Å²) in [5.74, 6) is -1.83. The summed E-state index contributed by atoms with van der Waals surface area (Å²) in [6.45, 7) is 1.39. The average Bonchev–Trinajstić information content (AvgIpc) is 2.68. The van der Waals surface area contributed by atoms with Gasteiger partial charge >= 0.3 is 11.9 Å². The van der Waals surface area contributed by atoms with Gasteiger partial charge in [-0.05, 0) is 18.1 Å². The van der Waals surface area contributed by atoms with Crippen LogP contribution in [0.3, 0.4) is 0 Å². The van der Waals surface area contributed by atoms with Crippen molar-refractivity contribution in [2.24, 2.45) is 0 Å². The highest BCUT2D eigenvalue weighted by Gasteiger charge is 2.13. The summed E-state index contributed by atoms with van der Waals surface area (Å²) in [6, 6.07) is 17.8. The Hall–Kier alpha value is -2.00. The van der Waals surface area contributed by atoms with Crippen LogP contribution < -0.4 is 0 Å². The quantitative estimate of drug-likeness (QED) is 0.421. The Bertz CT molecular complexity index is 609. The van der Waals surface area contributed by atoms with Gasteiger partial charge in [0.15, 0.2) is 0 Å². The predicted molar refractivity (Wildman–Crippen MR) is 110 cm³/mol. The molecule has 0 saturated heterocycles. The number of carboxylic acids is 2. The van der Waals surface area contributed by atoms with E-state index in [2.05, 4.69) is 25.3 Å². The summed E-state index contributed by atoms with van der Waals surface area (Å²) in [5.41, 5.74) is 1.42. The third-order valence-corrected chi connectivity index (χ3v) is 4.00. The van der Waals surface area contributed by atoms with Crippen LogP contribution in [0.5, 0.6) is 0 Å². The van der Waals surface area contributed by atoms with Gasteiger partial charge in [0.05, 0.1) is 12.7 Å². The van der Waals surface area contributed by atoms with Gasteiger partial charge in [0, 0.05) is 0 Å². The van der Waals surface area contributed by atoms with E-state index in [4.69, 9.17) is 20.4 Å². The van der Waals surface area contributed by atoms with E-state index in [1.165, 1.54) is 6.92 Å². The van der Waals surface area contributed by atoms with E-state index in [0.29, 0.717) is 11.1 Å². The molecule has 0 amide bonds. The lowest BCUT2D eigenvalue weighted by molar-refractivity contribution is -0.137. The topological polar surface area (TPSA) is 115 Å². The number of hydrogen-bond donors (Lipinski definition) is 6. The van der Waals surface area contributed by atoms with Crippen molar-refractivity contribution in [3.05, 3.63) is 71.8 Å². The minimum atomic E-state index is -0.917. The molecule has 0 aliphatic heterocycles. The number of carboxylic acid groups (broad SMARTS) is 2. The maximum Gasteiger partial charge on any atom is 0.320 e. The first-order valence-corrected chi connectivity index (χ1v) is 8.94. The summed E-state index contributed by atoms with van der Waals surface area (Å²) < 4.78 is 0. The molecular weight excluding hydrogens is 388 g/mol. The van der Waals surface area contributed by atoms with Gasteiger partial charge in [-0.2, -0.15) is 25.3 Å². The van der Waals surface area contributed by atoms with Crippen LogP contribution in [0.25, 0.3) is 0 Å². The van der Waals surface area contributed by atoms with Crippen molar-refractivity contribution in [1.29, 1.82) is 0 Å². The van der Waals surface area contributed by atoms with Crippen molar-refractivity contribution in [1.82, 2.24) is 0 Å². The maximum absolute atomic E-state index is 10.4. The largest absolute Gasteiger partial charge is 0.480 e. The van der Waals surface area contributed by atoms with E-state index in [-0.39, 0.29) is 6.61 Å². The summed E-state index contributed by atoms with van der Waals surface area (Å²) in [4.78, 5) is 20.8. The second-order valence-corrected chi connectivity index (χ2v) is 6.37. The molecule has 0 aromatic heterocycles. The van der Waals surface area contributed by atoms with E-state index >= 15 is 0 Å². The second kappa shape index (κ2) is 14.1. The Morgan fingerprint density at radius 2 is 1.07 bits per heavy atom. The highest BCUT2D eigenvalue weighted by molar-refractivity contribution is 7.81. The minimum absolute atomic E-state index is 0.139. The number of hydrogen-bond acceptors (Lipinski definition) is 6. The van der Waals surface area contributed by atoms with Crippen molar-refractivity contribution in [3.63, 3.8) is 0 Å². The van der Waals surface area contributed by atoms with Crippen LogP contribution in [-0.2, 0) is 9.59 Å². The number of aliphatic hydroxyl groups excluding tert-OH is 2. The normalized spacial score (nSPS) is 12.9. The first-order chi connectivity index (χ1) is 12.7. The van der Waals surface area contributed by atoms with Gasteiger partial charge in [0.1, 0.15) is 10.5 Å². The SMILES string of the molecule is CC(O)CO.O=C(O)C(S)c1ccccc1.O=C(O)C(S)c1ccccc1. The Labute approximate surface area is 169 Å². The number of aliphatic hydroxyl groups is 2. The van der Waals surface area contributed by atoms with Crippen molar-refractivity contribution in [2.75, 3.05) is 6.61 Å². The zero-order valence-electron chi connectivity index (χ0n) is 14.7. The van der Waals surface area contributed by atoms with Gasteiger partial charge < -0.3 is 20.4 Å². The van der Waals surface area contributed by atoms with Gasteiger partial charge in [-0.25, -0.2) is 0 Å². The molecule has 0 radical (unpaired) electrons. The molecule has 148 valence electrons. The van der Waals surface area contributed by atoms with Gasteiger partial charge in [0.2, 0.25) is 0 Å². The molecule has 3 unspecified atom stereocenters. The molecular formula is C19H24O6S2. The zero-order valence-corrected chi connectivity index (χ0v) is 16.5. The Morgan fingerprint density at radius 1 is 0.815 bits per heavy atom. The molecule has 3 atom stereocenters. The number of carbonyl (C=O) groups is 2. The molecule has 0 spiro atoms. The van der Waals surface area contributed by atoms with Crippen LogP contribution in [-0.4, -0.2) is 45.1 Å².